The molecule has 0 atom stereocenters. The molecule has 16 heavy (non-hydrogen) atoms. The molecule has 0 aliphatic heterocycles. The van der Waals surface area contributed by atoms with Gasteiger partial charge in [-0.1, -0.05) is 18.2 Å². The summed E-state index contributed by atoms with van der Waals surface area (Å²) in [6.45, 7) is 0. The average molecular weight is 214 g/mol. The Morgan fingerprint density at radius 3 is 2.81 bits per heavy atom. The second-order valence-corrected chi connectivity index (χ2v) is 3.53. The van der Waals surface area contributed by atoms with E-state index in [9.17, 15) is 4.79 Å². The predicted octanol–water partition coefficient (Wildman–Crippen LogP) is 2.10. The SMILES string of the molecule is O=C(O)c1cc2c(c[nH+]1)oc1ccccc12. The van der Waals surface area contributed by atoms with Crippen LogP contribution in [0.4, 0.5) is 0 Å². The molecule has 0 spiro atoms. The Morgan fingerprint density at radius 2 is 2.00 bits per heavy atom. The zero-order chi connectivity index (χ0) is 11.1. The molecule has 1 aromatic carbocycles. The maximum atomic E-state index is 10.8. The molecule has 0 fully saturated rings. The van der Waals surface area contributed by atoms with Gasteiger partial charge in [0.25, 0.3) is 5.69 Å². The lowest BCUT2D eigenvalue weighted by molar-refractivity contribution is -0.381. The molecule has 2 N–H and O–H groups in total. The quantitative estimate of drug-likeness (QED) is 0.674. The molecule has 4 heteroatoms. The molecule has 0 bridgehead atoms. The number of para-hydroxylation sites is 1. The number of benzene rings is 1. The highest BCUT2D eigenvalue weighted by atomic mass is 16.4. The molecular formula is C12H8NO3+. The van der Waals surface area contributed by atoms with Crippen molar-refractivity contribution in [3.8, 4) is 0 Å². The molecule has 0 amide bonds. The van der Waals surface area contributed by atoms with Gasteiger partial charge in [-0.2, -0.15) is 0 Å². The van der Waals surface area contributed by atoms with Crippen LogP contribution >= 0.6 is 0 Å². The van der Waals surface area contributed by atoms with Crippen molar-refractivity contribution in [2.45, 2.75) is 0 Å². The molecule has 0 aliphatic carbocycles. The number of carboxylic acid groups (broad SMARTS) is 1. The lowest BCUT2D eigenvalue weighted by atomic mass is 10.1. The Kier molecular flexibility index (Phi) is 1.71. The third-order valence-electron chi connectivity index (χ3n) is 2.54. The Balaban J connectivity index is 2.44. The Hall–Kier alpha value is -2.36. The number of fused-ring (bicyclic) bond motifs is 3. The van der Waals surface area contributed by atoms with Crippen LogP contribution in [0, 0.1) is 0 Å². The van der Waals surface area contributed by atoms with Crippen LogP contribution in [0.3, 0.4) is 0 Å². The van der Waals surface area contributed by atoms with Crippen molar-refractivity contribution in [1.82, 2.24) is 0 Å². The summed E-state index contributed by atoms with van der Waals surface area (Å²) < 4.78 is 5.56. The molecule has 0 saturated carbocycles. The van der Waals surface area contributed by atoms with Gasteiger partial charge in [-0.25, -0.2) is 9.78 Å². The highest BCUT2D eigenvalue weighted by Gasteiger charge is 2.15. The number of aromatic nitrogens is 1. The van der Waals surface area contributed by atoms with E-state index < -0.39 is 5.97 Å². The smallest absolute Gasteiger partial charge is 0.401 e. The standard InChI is InChI=1S/C12H7NO3/c14-12(15)9-5-8-7-3-1-2-4-10(7)16-11(8)6-13-9/h1-6H,(H,14,15)/p+1. The van der Waals surface area contributed by atoms with Crippen molar-refractivity contribution in [3.05, 3.63) is 42.2 Å². The summed E-state index contributed by atoms with van der Waals surface area (Å²) in [5.41, 5.74) is 1.57. The molecule has 3 aromatic rings. The van der Waals surface area contributed by atoms with E-state index in [4.69, 9.17) is 9.52 Å². The zero-order valence-corrected chi connectivity index (χ0v) is 8.23. The van der Waals surface area contributed by atoms with Crippen LogP contribution in [0.5, 0.6) is 0 Å². The first-order valence-electron chi connectivity index (χ1n) is 4.82. The van der Waals surface area contributed by atoms with E-state index >= 15 is 0 Å². The van der Waals surface area contributed by atoms with Crippen LogP contribution in [0.2, 0.25) is 0 Å². The molecule has 0 saturated heterocycles. The zero-order valence-electron chi connectivity index (χ0n) is 8.23. The molecular weight excluding hydrogens is 206 g/mol. The average Bonchev–Trinajstić information content (AvgIpc) is 2.66. The second-order valence-electron chi connectivity index (χ2n) is 3.53. The number of furan rings is 1. The Labute approximate surface area is 90.1 Å². The summed E-state index contributed by atoms with van der Waals surface area (Å²) in [5, 5.41) is 10.6. The minimum Gasteiger partial charge on any atom is -0.473 e. The molecule has 3 rings (SSSR count). The fourth-order valence-electron chi connectivity index (χ4n) is 1.79. The van der Waals surface area contributed by atoms with Gasteiger partial charge in [0, 0.05) is 16.8 Å². The van der Waals surface area contributed by atoms with Crippen molar-refractivity contribution >= 4 is 27.9 Å². The molecule has 0 aliphatic rings. The van der Waals surface area contributed by atoms with Gasteiger partial charge in [0.1, 0.15) is 5.58 Å². The second kappa shape index (κ2) is 3.06. The van der Waals surface area contributed by atoms with E-state index in [0.29, 0.717) is 5.58 Å². The fraction of sp³-hybridized carbons (Fsp3) is 0. The van der Waals surface area contributed by atoms with Crippen molar-refractivity contribution in [1.29, 1.82) is 0 Å². The number of nitrogens with one attached hydrogen (secondary N) is 1. The highest BCUT2D eigenvalue weighted by molar-refractivity contribution is 6.05. The maximum Gasteiger partial charge on any atom is 0.401 e. The van der Waals surface area contributed by atoms with E-state index in [1.54, 1.807) is 12.3 Å². The van der Waals surface area contributed by atoms with Crippen molar-refractivity contribution < 1.29 is 19.3 Å². The number of carbonyl (C=O) groups is 1. The molecule has 0 radical (unpaired) electrons. The summed E-state index contributed by atoms with van der Waals surface area (Å²) in [6, 6.07) is 9.13. The predicted molar refractivity (Wildman–Crippen MR) is 57.2 cm³/mol. The van der Waals surface area contributed by atoms with Crippen molar-refractivity contribution in [2.24, 2.45) is 0 Å². The van der Waals surface area contributed by atoms with Gasteiger partial charge in [0.2, 0.25) is 6.20 Å². The number of hydrogen-bond acceptors (Lipinski definition) is 2. The lowest BCUT2D eigenvalue weighted by Crippen LogP contribution is -2.15. The van der Waals surface area contributed by atoms with E-state index in [0.717, 1.165) is 16.4 Å². The van der Waals surface area contributed by atoms with Gasteiger partial charge in [0.05, 0.1) is 0 Å². The van der Waals surface area contributed by atoms with E-state index in [2.05, 4.69) is 4.98 Å². The van der Waals surface area contributed by atoms with Crippen LogP contribution in [-0.4, -0.2) is 11.1 Å². The fourth-order valence-corrected chi connectivity index (χ4v) is 1.79. The van der Waals surface area contributed by atoms with Gasteiger partial charge in [-0.05, 0) is 6.07 Å². The minimum atomic E-state index is -0.979. The summed E-state index contributed by atoms with van der Waals surface area (Å²) in [7, 11) is 0. The van der Waals surface area contributed by atoms with Crippen molar-refractivity contribution in [2.75, 3.05) is 0 Å². The summed E-state index contributed by atoms with van der Waals surface area (Å²) in [4.78, 5) is 13.5. The number of rotatable bonds is 1. The number of H-pyrrole nitrogens is 1. The third-order valence-corrected chi connectivity index (χ3v) is 2.54. The van der Waals surface area contributed by atoms with Crippen LogP contribution in [0.25, 0.3) is 21.9 Å². The number of aromatic carboxylic acids is 1. The summed E-state index contributed by atoms with van der Waals surface area (Å²) in [5.74, 6) is -0.979. The summed E-state index contributed by atoms with van der Waals surface area (Å²) in [6.07, 6.45) is 1.57. The minimum absolute atomic E-state index is 0.152. The molecule has 4 nitrogen and oxygen atoms in total. The normalized spacial score (nSPS) is 11.0. The van der Waals surface area contributed by atoms with Gasteiger partial charge in [-0.3, -0.25) is 0 Å². The Bertz CT molecular complexity index is 700. The van der Waals surface area contributed by atoms with Crippen LogP contribution in [-0.2, 0) is 0 Å². The van der Waals surface area contributed by atoms with Gasteiger partial charge < -0.3 is 9.52 Å². The Morgan fingerprint density at radius 1 is 1.19 bits per heavy atom. The first-order valence-corrected chi connectivity index (χ1v) is 4.82. The topological polar surface area (TPSA) is 64.6 Å². The van der Waals surface area contributed by atoms with Crippen molar-refractivity contribution in [3.63, 3.8) is 0 Å². The van der Waals surface area contributed by atoms with E-state index in [-0.39, 0.29) is 5.69 Å². The first kappa shape index (κ1) is 8.91. The highest BCUT2D eigenvalue weighted by Crippen LogP contribution is 2.27. The van der Waals surface area contributed by atoms with Crippen LogP contribution < -0.4 is 4.98 Å². The number of hydrogen-bond donors (Lipinski definition) is 1. The number of aromatic amines is 1. The molecule has 2 heterocycles. The summed E-state index contributed by atoms with van der Waals surface area (Å²) >= 11 is 0. The van der Waals surface area contributed by atoms with Crippen LogP contribution in [0.1, 0.15) is 10.5 Å². The molecule has 0 unspecified atom stereocenters. The van der Waals surface area contributed by atoms with E-state index in [1.165, 1.54) is 0 Å². The van der Waals surface area contributed by atoms with Gasteiger partial charge in [-0.15, -0.1) is 0 Å². The number of carboxylic acids is 1. The largest absolute Gasteiger partial charge is 0.473 e. The van der Waals surface area contributed by atoms with Gasteiger partial charge >= 0.3 is 5.97 Å². The molecule has 78 valence electrons. The first-order chi connectivity index (χ1) is 7.75. The van der Waals surface area contributed by atoms with E-state index in [1.807, 2.05) is 24.3 Å². The van der Waals surface area contributed by atoms with Gasteiger partial charge in [0.15, 0.2) is 5.58 Å². The maximum absolute atomic E-state index is 10.8. The van der Waals surface area contributed by atoms with Crippen LogP contribution in [0.15, 0.2) is 40.9 Å². The number of pyridine rings is 1. The molecule has 2 aromatic heterocycles. The third kappa shape index (κ3) is 1.16. The lowest BCUT2D eigenvalue weighted by Gasteiger charge is -1.87. The monoisotopic (exact) mass is 214 g/mol.